The second-order valence-electron chi connectivity index (χ2n) is 3.54. The molecule has 16 heavy (non-hydrogen) atoms. The fourth-order valence-electron chi connectivity index (χ4n) is 1.87. The highest BCUT2D eigenvalue weighted by Gasteiger charge is 2.33. The van der Waals surface area contributed by atoms with Crippen molar-refractivity contribution in [2.45, 2.75) is 5.38 Å². The number of fused-ring (bicyclic) bond motifs is 3. The van der Waals surface area contributed by atoms with Crippen molar-refractivity contribution in [3.63, 3.8) is 0 Å². The number of thiazole rings is 1. The first-order valence-corrected chi connectivity index (χ1v) is 5.97. The Kier molecular flexibility index (Phi) is 2.02. The third-order valence-corrected chi connectivity index (χ3v) is 4.07. The van der Waals surface area contributed by atoms with Crippen LogP contribution in [0.3, 0.4) is 0 Å². The molecule has 3 nitrogen and oxygen atoms in total. The summed E-state index contributed by atoms with van der Waals surface area (Å²) in [5.74, 6) is -0.0755. The van der Waals surface area contributed by atoms with Crippen LogP contribution < -0.4 is 5.73 Å². The number of nitrogen functional groups attached to an aromatic ring is 1. The zero-order valence-corrected chi connectivity index (χ0v) is 9.68. The zero-order valence-electron chi connectivity index (χ0n) is 8.11. The van der Waals surface area contributed by atoms with Crippen molar-refractivity contribution in [2.75, 3.05) is 5.73 Å². The van der Waals surface area contributed by atoms with Crippen LogP contribution in [0, 0.1) is 0 Å². The minimum atomic E-state index is -0.653. The third kappa shape index (κ3) is 1.20. The van der Waals surface area contributed by atoms with E-state index >= 15 is 0 Å². The van der Waals surface area contributed by atoms with Crippen LogP contribution in [0.2, 0.25) is 0 Å². The lowest BCUT2D eigenvalue weighted by Gasteiger charge is -2.17. The van der Waals surface area contributed by atoms with E-state index in [9.17, 15) is 4.79 Å². The van der Waals surface area contributed by atoms with Gasteiger partial charge in [0.1, 0.15) is 5.38 Å². The molecule has 1 aliphatic carbocycles. The average Bonchev–Trinajstić information content (AvgIpc) is 2.68. The van der Waals surface area contributed by atoms with Gasteiger partial charge in [-0.2, -0.15) is 0 Å². The molecule has 3 rings (SSSR count). The van der Waals surface area contributed by atoms with Crippen LogP contribution in [0.15, 0.2) is 24.3 Å². The maximum absolute atomic E-state index is 12.0. The number of aromatic nitrogens is 1. The van der Waals surface area contributed by atoms with Crippen molar-refractivity contribution in [1.82, 2.24) is 4.98 Å². The quantitative estimate of drug-likeness (QED) is 0.732. The molecule has 2 aromatic rings. The summed E-state index contributed by atoms with van der Waals surface area (Å²) in [6, 6.07) is 7.33. The van der Waals surface area contributed by atoms with Gasteiger partial charge in [-0.3, -0.25) is 4.79 Å². The van der Waals surface area contributed by atoms with E-state index in [2.05, 4.69) is 4.98 Å². The number of Topliss-reactive ketones (excluding diaryl/α,β-unsaturated/α-hetero) is 1. The van der Waals surface area contributed by atoms with E-state index in [0.29, 0.717) is 10.7 Å². The standard InChI is InChI=1S/C11H7ClN2OS/c12-7-9(15)6-4-2-1-3-5(6)8-10(7)16-11(13)14-8/h1-4,7H,(H2,13,14)/t7-/m1/s1. The van der Waals surface area contributed by atoms with E-state index in [0.717, 1.165) is 16.1 Å². The normalized spacial score (nSPS) is 18.1. The molecular weight excluding hydrogens is 244 g/mol. The number of hydrogen-bond acceptors (Lipinski definition) is 4. The molecule has 0 fully saturated rings. The second-order valence-corrected chi connectivity index (χ2v) is 5.04. The summed E-state index contributed by atoms with van der Waals surface area (Å²) in [6.45, 7) is 0. The van der Waals surface area contributed by atoms with Gasteiger partial charge in [0, 0.05) is 11.1 Å². The number of anilines is 1. The molecule has 0 amide bonds. The molecular formula is C11H7ClN2OS. The first-order valence-electron chi connectivity index (χ1n) is 4.72. The summed E-state index contributed by atoms with van der Waals surface area (Å²) in [7, 11) is 0. The van der Waals surface area contributed by atoms with E-state index in [4.69, 9.17) is 17.3 Å². The number of benzene rings is 1. The van der Waals surface area contributed by atoms with E-state index in [-0.39, 0.29) is 5.78 Å². The fourth-order valence-corrected chi connectivity index (χ4v) is 3.05. The topological polar surface area (TPSA) is 56.0 Å². The van der Waals surface area contributed by atoms with Crippen molar-refractivity contribution in [1.29, 1.82) is 0 Å². The summed E-state index contributed by atoms with van der Waals surface area (Å²) in [6.07, 6.45) is 0. The number of nitrogens with zero attached hydrogens (tertiary/aromatic N) is 1. The first kappa shape index (κ1) is 9.81. The van der Waals surface area contributed by atoms with Gasteiger partial charge in [-0.05, 0) is 0 Å². The van der Waals surface area contributed by atoms with Gasteiger partial charge in [0.25, 0.3) is 0 Å². The second kappa shape index (κ2) is 3.30. The molecule has 1 aromatic carbocycles. The molecule has 1 aromatic heterocycles. The van der Waals surface area contributed by atoms with Gasteiger partial charge in [-0.1, -0.05) is 35.6 Å². The third-order valence-electron chi connectivity index (χ3n) is 2.58. The largest absolute Gasteiger partial charge is 0.375 e. The fraction of sp³-hybridized carbons (Fsp3) is 0.0909. The summed E-state index contributed by atoms with van der Waals surface area (Å²) >= 11 is 7.38. The first-order chi connectivity index (χ1) is 7.68. The Labute approximate surface area is 101 Å². The highest BCUT2D eigenvalue weighted by Crippen LogP contribution is 2.44. The Balaban J connectivity index is 2.36. The number of halogens is 1. The lowest BCUT2D eigenvalue weighted by Crippen LogP contribution is -2.13. The van der Waals surface area contributed by atoms with Gasteiger partial charge in [0.15, 0.2) is 10.9 Å². The van der Waals surface area contributed by atoms with E-state index in [1.54, 1.807) is 6.07 Å². The number of carbonyl (C=O) groups is 1. The Bertz CT molecular complexity index is 593. The Morgan fingerprint density at radius 1 is 1.31 bits per heavy atom. The summed E-state index contributed by atoms with van der Waals surface area (Å²) in [5, 5.41) is -0.208. The van der Waals surface area contributed by atoms with Crippen LogP contribution in [0.4, 0.5) is 5.13 Å². The smallest absolute Gasteiger partial charge is 0.186 e. The zero-order chi connectivity index (χ0) is 11.3. The van der Waals surface area contributed by atoms with Gasteiger partial charge in [0.05, 0.1) is 10.6 Å². The molecule has 5 heteroatoms. The molecule has 0 radical (unpaired) electrons. The Morgan fingerprint density at radius 3 is 2.75 bits per heavy atom. The maximum Gasteiger partial charge on any atom is 0.186 e. The number of hydrogen-bond donors (Lipinski definition) is 1. The highest BCUT2D eigenvalue weighted by atomic mass is 35.5. The van der Waals surface area contributed by atoms with Gasteiger partial charge < -0.3 is 5.73 Å². The molecule has 0 unspecified atom stereocenters. The molecule has 1 aliphatic rings. The minimum absolute atomic E-state index is 0.0755. The molecule has 1 atom stereocenters. The lowest BCUT2D eigenvalue weighted by molar-refractivity contribution is 0.0987. The van der Waals surface area contributed by atoms with Gasteiger partial charge >= 0.3 is 0 Å². The summed E-state index contributed by atoms with van der Waals surface area (Å²) < 4.78 is 0. The van der Waals surface area contributed by atoms with E-state index < -0.39 is 5.38 Å². The van der Waals surface area contributed by atoms with Crippen LogP contribution >= 0.6 is 22.9 Å². The van der Waals surface area contributed by atoms with Crippen LogP contribution in [-0.2, 0) is 0 Å². The van der Waals surface area contributed by atoms with Crippen LogP contribution in [-0.4, -0.2) is 10.8 Å². The monoisotopic (exact) mass is 250 g/mol. The number of nitrogens with two attached hydrogens (primary N) is 1. The molecule has 2 N–H and O–H groups in total. The molecule has 0 spiro atoms. The average molecular weight is 251 g/mol. The number of alkyl halides is 1. The van der Waals surface area contributed by atoms with Crippen LogP contribution in [0.25, 0.3) is 11.3 Å². The van der Waals surface area contributed by atoms with Gasteiger partial charge in [0.2, 0.25) is 0 Å². The van der Waals surface area contributed by atoms with Crippen molar-refractivity contribution in [3.8, 4) is 11.3 Å². The highest BCUT2D eigenvalue weighted by molar-refractivity contribution is 7.16. The van der Waals surface area contributed by atoms with Crippen LogP contribution in [0.5, 0.6) is 0 Å². The van der Waals surface area contributed by atoms with Crippen molar-refractivity contribution < 1.29 is 4.79 Å². The molecule has 1 heterocycles. The van der Waals surface area contributed by atoms with Crippen molar-refractivity contribution >= 4 is 33.9 Å². The van der Waals surface area contributed by atoms with Gasteiger partial charge in [-0.25, -0.2) is 4.98 Å². The van der Waals surface area contributed by atoms with E-state index in [1.165, 1.54) is 11.3 Å². The predicted octanol–water partition coefficient (Wildman–Crippen LogP) is 2.87. The SMILES string of the molecule is Nc1nc2c(s1)[C@H](Cl)C(=O)c1ccccc1-2. The number of carbonyl (C=O) groups excluding carboxylic acids is 1. The number of rotatable bonds is 0. The molecule has 0 saturated carbocycles. The Morgan fingerprint density at radius 2 is 2.00 bits per heavy atom. The molecule has 80 valence electrons. The molecule has 0 aliphatic heterocycles. The molecule has 0 bridgehead atoms. The lowest BCUT2D eigenvalue weighted by atomic mass is 9.92. The predicted molar refractivity (Wildman–Crippen MR) is 64.9 cm³/mol. The Hall–Kier alpha value is -1.39. The maximum atomic E-state index is 12.0. The van der Waals surface area contributed by atoms with Crippen LogP contribution in [0.1, 0.15) is 20.6 Å². The molecule has 0 saturated heterocycles. The summed E-state index contributed by atoms with van der Waals surface area (Å²) in [5.41, 5.74) is 7.86. The minimum Gasteiger partial charge on any atom is -0.375 e. The van der Waals surface area contributed by atoms with E-state index in [1.807, 2.05) is 18.2 Å². The van der Waals surface area contributed by atoms with Gasteiger partial charge in [-0.15, -0.1) is 11.6 Å². The summed E-state index contributed by atoms with van der Waals surface area (Å²) in [4.78, 5) is 17.0. The van der Waals surface area contributed by atoms with Crippen molar-refractivity contribution in [2.24, 2.45) is 0 Å². The number of ketones is 1. The van der Waals surface area contributed by atoms with Crippen molar-refractivity contribution in [3.05, 3.63) is 34.7 Å².